The molecule has 0 aliphatic rings. The summed E-state index contributed by atoms with van der Waals surface area (Å²) in [6.07, 6.45) is -12.0. The van der Waals surface area contributed by atoms with Crippen molar-refractivity contribution in [1.82, 2.24) is 4.98 Å². The minimum Gasteiger partial charge on any atom is -0.487 e. The van der Waals surface area contributed by atoms with Crippen LogP contribution in [0.1, 0.15) is 22.6 Å². The number of hydrogen-bond acceptors (Lipinski definition) is 4. The molecule has 1 N–H and O–H groups in total. The summed E-state index contributed by atoms with van der Waals surface area (Å²) >= 11 is 0. The largest absolute Gasteiger partial charge is 0.487 e. The molecule has 3 aromatic rings. The molecule has 0 atom stereocenters. The van der Waals surface area contributed by atoms with Gasteiger partial charge in [-0.05, 0) is 38.1 Å². The van der Waals surface area contributed by atoms with Gasteiger partial charge < -0.3 is 14.3 Å². The highest BCUT2D eigenvalue weighted by Gasteiger charge is 2.71. The highest BCUT2D eigenvalue weighted by molar-refractivity contribution is 5.54. The maximum Gasteiger partial charge on any atom is 0.430 e. The predicted octanol–water partition coefficient (Wildman–Crippen LogP) is 5.85. The second-order valence-corrected chi connectivity index (χ2v) is 6.91. The Balaban J connectivity index is 1.84. The van der Waals surface area contributed by atoms with E-state index in [-0.39, 0.29) is 12.4 Å². The summed E-state index contributed by atoms with van der Waals surface area (Å²) in [5, 5.41) is 9.53. The standard InChI is InChI=1S/C21H17F6NO3/c1-12-5-3-6-14(9-12)18-28-17(13(2)31-18)11-30-16-8-4-7-15(10-16)19(29,20(22,23)24)21(25,26)27/h3-10,29H,11H2,1-2H3. The molecule has 0 unspecified atom stereocenters. The van der Waals surface area contributed by atoms with Crippen molar-refractivity contribution in [1.29, 1.82) is 0 Å². The summed E-state index contributed by atoms with van der Waals surface area (Å²) in [4.78, 5) is 4.28. The summed E-state index contributed by atoms with van der Waals surface area (Å²) in [5.74, 6) is 0.385. The number of oxazole rings is 1. The number of hydrogen-bond donors (Lipinski definition) is 1. The van der Waals surface area contributed by atoms with Gasteiger partial charge in [0, 0.05) is 11.1 Å². The monoisotopic (exact) mass is 445 g/mol. The molecule has 0 spiro atoms. The molecule has 2 aromatic carbocycles. The number of benzene rings is 2. The van der Waals surface area contributed by atoms with Crippen LogP contribution in [-0.4, -0.2) is 22.4 Å². The first kappa shape index (κ1) is 22.7. The van der Waals surface area contributed by atoms with Crippen molar-refractivity contribution in [2.45, 2.75) is 38.4 Å². The van der Waals surface area contributed by atoms with Crippen molar-refractivity contribution in [2.24, 2.45) is 0 Å². The molecule has 0 amide bonds. The van der Waals surface area contributed by atoms with Crippen LogP contribution in [-0.2, 0) is 12.2 Å². The molecule has 1 heterocycles. The normalized spacial score (nSPS) is 12.8. The van der Waals surface area contributed by atoms with E-state index in [1.54, 1.807) is 13.0 Å². The van der Waals surface area contributed by atoms with E-state index < -0.39 is 23.5 Å². The van der Waals surface area contributed by atoms with Gasteiger partial charge in [-0.2, -0.15) is 26.3 Å². The number of nitrogens with zero attached hydrogens (tertiary/aromatic N) is 1. The quantitative estimate of drug-likeness (QED) is 0.501. The Morgan fingerprint density at radius 1 is 0.935 bits per heavy atom. The van der Waals surface area contributed by atoms with Crippen molar-refractivity contribution in [2.75, 3.05) is 0 Å². The topological polar surface area (TPSA) is 55.5 Å². The summed E-state index contributed by atoms with van der Waals surface area (Å²) in [6, 6.07) is 10.5. The van der Waals surface area contributed by atoms with E-state index in [1.807, 2.05) is 25.1 Å². The Morgan fingerprint density at radius 2 is 1.58 bits per heavy atom. The molecule has 31 heavy (non-hydrogen) atoms. The van der Waals surface area contributed by atoms with Gasteiger partial charge in [-0.1, -0.05) is 29.8 Å². The zero-order chi connectivity index (χ0) is 23.0. The second kappa shape index (κ2) is 7.92. The molecule has 4 nitrogen and oxygen atoms in total. The highest BCUT2D eigenvalue weighted by atomic mass is 19.4. The van der Waals surface area contributed by atoms with E-state index in [2.05, 4.69) is 4.98 Å². The van der Waals surface area contributed by atoms with E-state index in [9.17, 15) is 31.4 Å². The number of alkyl halides is 6. The molecule has 166 valence electrons. The highest BCUT2D eigenvalue weighted by Crippen LogP contribution is 2.50. The molecule has 10 heteroatoms. The van der Waals surface area contributed by atoms with Gasteiger partial charge in [0.1, 0.15) is 23.8 Å². The lowest BCUT2D eigenvalue weighted by atomic mass is 9.92. The van der Waals surface area contributed by atoms with E-state index in [0.29, 0.717) is 35.0 Å². The number of ether oxygens (including phenoxy) is 1. The molecule has 1 aromatic heterocycles. The summed E-state index contributed by atoms with van der Waals surface area (Å²) in [7, 11) is 0. The zero-order valence-electron chi connectivity index (χ0n) is 16.3. The second-order valence-electron chi connectivity index (χ2n) is 6.91. The molecule has 0 fully saturated rings. The van der Waals surface area contributed by atoms with Crippen LogP contribution in [0.25, 0.3) is 11.5 Å². The Morgan fingerprint density at radius 3 is 2.19 bits per heavy atom. The third-order valence-corrected chi connectivity index (χ3v) is 4.61. The minimum absolute atomic E-state index is 0.263. The Labute approximate surface area is 173 Å². The number of aryl methyl sites for hydroxylation is 2. The number of halogens is 6. The number of aliphatic hydroxyl groups is 1. The van der Waals surface area contributed by atoms with E-state index in [4.69, 9.17) is 9.15 Å². The molecule has 0 radical (unpaired) electrons. The van der Waals surface area contributed by atoms with Crippen LogP contribution in [0, 0.1) is 13.8 Å². The third kappa shape index (κ3) is 4.39. The fourth-order valence-corrected chi connectivity index (χ4v) is 2.91. The van der Waals surface area contributed by atoms with Crippen LogP contribution in [0.2, 0.25) is 0 Å². The van der Waals surface area contributed by atoms with Gasteiger partial charge in [0.2, 0.25) is 5.89 Å². The van der Waals surface area contributed by atoms with Gasteiger partial charge in [-0.15, -0.1) is 0 Å². The average Bonchev–Trinajstić information content (AvgIpc) is 3.05. The van der Waals surface area contributed by atoms with Gasteiger partial charge in [-0.25, -0.2) is 4.98 Å². The first-order valence-corrected chi connectivity index (χ1v) is 8.95. The van der Waals surface area contributed by atoms with Crippen LogP contribution in [0.3, 0.4) is 0 Å². The summed E-state index contributed by atoms with van der Waals surface area (Å²) in [6.45, 7) is 3.23. The molecule has 0 aliphatic heterocycles. The van der Waals surface area contributed by atoms with Crippen molar-refractivity contribution >= 4 is 0 Å². The van der Waals surface area contributed by atoms with Crippen molar-refractivity contribution < 1.29 is 40.6 Å². The Hall–Kier alpha value is -3.01. The van der Waals surface area contributed by atoms with Crippen molar-refractivity contribution in [3.8, 4) is 17.2 Å². The fourth-order valence-electron chi connectivity index (χ4n) is 2.91. The van der Waals surface area contributed by atoms with Crippen LogP contribution in [0.15, 0.2) is 52.9 Å². The maximum absolute atomic E-state index is 13.1. The lowest BCUT2D eigenvalue weighted by molar-refractivity contribution is -0.376. The van der Waals surface area contributed by atoms with Gasteiger partial charge in [0.15, 0.2) is 0 Å². The van der Waals surface area contributed by atoms with Crippen molar-refractivity contribution in [3.63, 3.8) is 0 Å². The van der Waals surface area contributed by atoms with Gasteiger partial charge in [0.25, 0.3) is 5.60 Å². The van der Waals surface area contributed by atoms with Crippen molar-refractivity contribution in [3.05, 3.63) is 71.1 Å². The molecular weight excluding hydrogens is 428 g/mol. The SMILES string of the molecule is Cc1cccc(-c2nc(COc3cccc(C(O)(C(F)(F)F)C(F)(F)F)c3)c(C)o2)c1. The minimum atomic E-state index is -5.98. The third-order valence-electron chi connectivity index (χ3n) is 4.61. The predicted molar refractivity (Wildman–Crippen MR) is 98.2 cm³/mol. The fraction of sp³-hybridized carbons (Fsp3) is 0.286. The Bertz CT molecular complexity index is 1060. The molecular formula is C21H17F6NO3. The molecule has 0 saturated heterocycles. The maximum atomic E-state index is 13.1. The molecule has 0 bridgehead atoms. The Kier molecular flexibility index (Phi) is 5.79. The lowest BCUT2D eigenvalue weighted by Crippen LogP contribution is -2.53. The molecule has 0 aliphatic carbocycles. The van der Waals surface area contributed by atoms with E-state index in [1.165, 1.54) is 6.07 Å². The zero-order valence-corrected chi connectivity index (χ0v) is 16.3. The molecule has 3 rings (SSSR count). The first-order chi connectivity index (χ1) is 14.3. The first-order valence-electron chi connectivity index (χ1n) is 8.95. The van der Waals surface area contributed by atoms with Crippen LogP contribution >= 0.6 is 0 Å². The van der Waals surface area contributed by atoms with Gasteiger partial charge >= 0.3 is 12.4 Å². The smallest absolute Gasteiger partial charge is 0.430 e. The van der Waals surface area contributed by atoms with E-state index in [0.717, 1.165) is 11.6 Å². The van der Waals surface area contributed by atoms with Crippen LogP contribution in [0.5, 0.6) is 5.75 Å². The number of aromatic nitrogens is 1. The van der Waals surface area contributed by atoms with Gasteiger partial charge in [-0.3, -0.25) is 0 Å². The summed E-state index contributed by atoms with van der Waals surface area (Å²) < 4.78 is 89.4. The average molecular weight is 445 g/mol. The molecule has 0 saturated carbocycles. The van der Waals surface area contributed by atoms with Gasteiger partial charge in [0.05, 0.1) is 0 Å². The van der Waals surface area contributed by atoms with E-state index >= 15 is 0 Å². The lowest BCUT2D eigenvalue weighted by Gasteiger charge is -2.32. The summed E-state index contributed by atoms with van der Waals surface area (Å²) in [5.41, 5.74) is -4.42. The number of rotatable bonds is 5. The van der Waals surface area contributed by atoms with Crippen LogP contribution in [0.4, 0.5) is 26.3 Å². The van der Waals surface area contributed by atoms with Crippen LogP contribution < -0.4 is 4.74 Å².